The quantitative estimate of drug-likeness (QED) is 0.317. The zero-order valence-corrected chi connectivity index (χ0v) is 5.19. The van der Waals surface area contributed by atoms with E-state index in [9.17, 15) is 26.3 Å². The zero-order chi connectivity index (χ0) is 10.6. The first-order chi connectivity index (χ1) is 5.15. The van der Waals surface area contributed by atoms with Crippen molar-refractivity contribution in [2.45, 2.75) is 18.5 Å². The van der Waals surface area contributed by atoms with Crippen LogP contribution in [0.5, 0.6) is 0 Å². The molecule has 0 aliphatic rings. The first-order valence-corrected chi connectivity index (χ1v) is 2.17. The number of aliphatic hydroxyl groups is 1. The van der Waals surface area contributed by atoms with Crippen LogP contribution in [0, 0.1) is 0 Å². The Morgan fingerprint density at radius 3 is 0.917 bits per heavy atom. The Balaban J connectivity index is 0. The Morgan fingerprint density at radius 1 is 0.750 bits per heavy atom. The Kier molecular flexibility index (Phi) is 5.23. The van der Waals surface area contributed by atoms with Crippen LogP contribution in [0.4, 0.5) is 26.3 Å². The third-order valence-corrected chi connectivity index (χ3v) is 0.620. The van der Waals surface area contributed by atoms with Gasteiger partial charge in [0, 0.05) is 0 Å². The summed E-state index contributed by atoms with van der Waals surface area (Å²) in [4.78, 5) is 0. The molecule has 0 radical (unpaired) electrons. The van der Waals surface area contributed by atoms with E-state index in [1.165, 1.54) is 0 Å². The first kappa shape index (κ1) is 14.0. The second-order valence-electron chi connectivity index (χ2n) is 1.49. The third kappa shape index (κ3) is 5.16. The summed E-state index contributed by atoms with van der Waals surface area (Å²) < 4.78 is 65.9. The molecule has 0 aromatic carbocycles. The first-order valence-electron chi connectivity index (χ1n) is 2.17. The summed E-state index contributed by atoms with van der Waals surface area (Å²) in [6.07, 6.45) is -15.5. The highest BCUT2D eigenvalue weighted by Crippen LogP contribution is 2.32. The van der Waals surface area contributed by atoms with Gasteiger partial charge in [0.15, 0.2) is 0 Å². The predicted octanol–water partition coefficient (Wildman–Crippen LogP) is 1.49. The number of hydrogen-bond acceptors (Lipinski definition) is 3. The summed E-state index contributed by atoms with van der Waals surface area (Å²) in [6.45, 7) is 0. The highest BCUT2D eigenvalue weighted by molar-refractivity contribution is 4.72. The van der Waals surface area contributed by atoms with Gasteiger partial charge in [0.05, 0.1) is 0 Å². The van der Waals surface area contributed by atoms with Crippen LogP contribution in [-0.2, 0) is 0 Å². The van der Waals surface area contributed by atoms with Crippen LogP contribution in [0.3, 0.4) is 0 Å². The van der Waals surface area contributed by atoms with Crippen LogP contribution in [0.2, 0.25) is 0 Å². The normalized spacial score (nSPS) is 12.5. The van der Waals surface area contributed by atoms with E-state index in [4.69, 9.17) is 15.6 Å². The van der Waals surface area contributed by atoms with E-state index < -0.39 is 18.5 Å². The van der Waals surface area contributed by atoms with Gasteiger partial charge < -0.3 is 5.11 Å². The SMILES string of the molecule is OC(C(F)(F)F)C(F)(F)F.OO. The van der Waals surface area contributed by atoms with Gasteiger partial charge in [-0.1, -0.05) is 0 Å². The minimum atomic E-state index is -5.63. The maximum Gasteiger partial charge on any atom is 0.423 e. The highest BCUT2D eigenvalue weighted by atomic mass is 19.4. The molecule has 0 aliphatic carbocycles. The summed E-state index contributed by atoms with van der Waals surface area (Å²) in [5.74, 6) is 0. The standard InChI is InChI=1S/C3H2F6O.H2O2/c4-2(5,6)1(10)3(7,8)9;1-2/h1,10H;1-2H. The fraction of sp³-hybridized carbons (Fsp3) is 1.00. The number of rotatable bonds is 0. The van der Waals surface area contributed by atoms with Crippen molar-refractivity contribution in [2.24, 2.45) is 0 Å². The molecule has 0 fully saturated rings. The monoisotopic (exact) mass is 202 g/mol. The molecular weight excluding hydrogens is 198 g/mol. The molecule has 9 heteroatoms. The van der Waals surface area contributed by atoms with Crippen molar-refractivity contribution in [3.8, 4) is 0 Å². The molecule has 0 aromatic rings. The van der Waals surface area contributed by atoms with Gasteiger partial charge in [0.2, 0.25) is 6.10 Å². The van der Waals surface area contributed by atoms with Crippen molar-refractivity contribution in [1.29, 1.82) is 0 Å². The molecule has 0 saturated heterocycles. The zero-order valence-electron chi connectivity index (χ0n) is 5.19. The van der Waals surface area contributed by atoms with E-state index in [0.717, 1.165) is 0 Å². The van der Waals surface area contributed by atoms with Gasteiger partial charge in [-0.3, -0.25) is 10.5 Å². The molecule has 3 N–H and O–H groups in total. The van der Waals surface area contributed by atoms with E-state index in [2.05, 4.69) is 0 Å². The molecule has 0 rings (SSSR count). The van der Waals surface area contributed by atoms with E-state index >= 15 is 0 Å². The Hall–Kier alpha value is -0.540. The van der Waals surface area contributed by atoms with Crippen LogP contribution < -0.4 is 0 Å². The van der Waals surface area contributed by atoms with Crippen molar-refractivity contribution < 1.29 is 42.0 Å². The van der Waals surface area contributed by atoms with Crippen LogP contribution >= 0.6 is 0 Å². The van der Waals surface area contributed by atoms with Crippen molar-refractivity contribution in [1.82, 2.24) is 0 Å². The molecule has 0 aromatic heterocycles. The van der Waals surface area contributed by atoms with Crippen LogP contribution in [0.1, 0.15) is 0 Å². The molecule has 0 heterocycles. The van der Waals surface area contributed by atoms with Crippen molar-refractivity contribution in [3.63, 3.8) is 0 Å². The molecule has 0 spiro atoms. The highest BCUT2D eigenvalue weighted by Gasteiger charge is 2.55. The predicted molar refractivity (Wildman–Crippen MR) is 23.4 cm³/mol. The molecule has 0 atom stereocenters. The van der Waals surface area contributed by atoms with Crippen LogP contribution in [-0.4, -0.2) is 34.1 Å². The van der Waals surface area contributed by atoms with Gasteiger partial charge in [0.1, 0.15) is 0 Å². The molecule has 12 heavy (non-hydrogen) atoms. The van der Waals surface area contributed by atoms with E-state index in [-0.39, 0.29) is 0 Å². The average Bonchev–Trinajstić information content (AvgIpc) is 1.87. The summed E-state index contributed by atoms with van der Waals surface area (Å²) in [7, 11) is 0. The fourth-order valence-electron chi connectivity index (χ4n) is 0.186. The molecule has 76 valence electrons. The van der Waals surface area contributed by atoms with Gasteiger partial charge in [-0.15, -0.1) is 0 Å². The fourth-order valence-corrected chi connectivity index (χ4v) is 0.186. The molecule has 0 aliphatic heterocycles. The largest absolute Gasteiger partial charge is 0.423 e. The summed E-state index contributed by atoms with van der Waals surface area (Å²) in [6, 6.07) is 0. The van der Waals surface area contributed by atoms with Crippen molar-refractivity contribution in [2.75, 3.05) is 0 Å². The number of alkyl halides is 6. The number of aliphatic hydroxyl groups excluding tert-OH is 1. The van der Waals surface area contributed by atoms with E-state index in [1.807, 2.05) is 0 Å². The average molecular weight is 202 g/mol. The molecule has 0 bridgehead atoms. The Morgan fingerprint density at radius 2 is 0.917 bits per heavy atom. The lowest BCUT2D eigenvalue weighted by Crippen LogP contribution is -2.41. The van der Waals surface area contributed by atoms with Gasteiger partial charge in [-0.25, -0.2) is 0 Å². The number of halogens is 6. The van der Waals surface area contributed by atoms with E-state index in [1.54, 1.807) is 0 Å². The summed E-state index contributed by atoms with van der Waals surface area (Å²) >= 11 is 0. The Bertz CT molecular complexity index is 102. The van der Waals surface area contributed by atoms with Gasteiger partial charge >= 0.3 is 12.4 Å². The van der Waals surface area contributed by atoms with Gasteiger partial charge in [-0.2, -0.15) is 26.3 Å². The lowest BCUT2D eigenvalue weighted by atomic mass is 10.3. The van der Waals surface area contributed by atoms with Crippen LogP contribution in [0.25, 0.3) is 0 Å². The van der Waals surface area contributed by atoms with Gasteiger partial charge in [-0.05, 0) is 0 Å². The topological polar surface area (TPSA) is 60.7 Å². The third-order valence-electron chi connectivity index (χ3n) is 0.620. The summed E-state index contributed by atoms with van der Waals surface area (Å²) in [5.41, 5.74) is 0. The second-order valence-corrected chi connectivity index (χ2v) is 1.49. The second kappa shape index (κ2) is 4.48. The molecular formula is C3H4F6O3. The van der Waals surface area contributed by atoms with Crippen LogP contribution in [0.15, 0.2) is 0 Å². The smallest absolute Gasteiger partial charge is 0.377 e. The molecule has 0 saturated carbocycles. The minimum Gasteiger partial charge on any atom is -0.377 e. The summed E-state index contributed by atoms with van der Waals surface area (Å²) in [5, 5.41) is 19.5. The maximum atomic E-state index is 11.0. The number of hydrogen-bond donors (Lipinski definition) is 3. The van der Waals surface area contributed by atoms with Gasteiger partial charge in [0.25, 0.3) is 0 Å². The lowest BCUT2D eigenvalue weighted by Gasteiger charge is -2.16. The maximum absolute atomic E-state index is 11.0. The molecule has 0 amide bonds. The molecule has 0 unspecified atom stereocenters. The van der Waals surface area contributed by atoms with Crippen molar-refractivity contribution >= 4 is 0 Å². The van der Waals surface area contributed by atoms with E-state index in [0.29, 0.717) is 0 Å². The molecule has 3 nitrogen and oxygen atoms in total. The Labute approximate surface area is 61.8 Å². The lowest BCUT2D eigenvalue weighted by molar-refractivity contribution is -0.308. The minimum absolute atomic E-state index is 4.24. The van der Waals surface area contributed by atoms with Crippen molar-refractivity contribution in [3.05, 3.63) is 0 Å².